The first-order chi connectivity index (χ1) is 8.04. The Hall–Kier alpha value is -1.33. The lowest BCUT2D eigenvalue weighted by Gasteiger charge is -2.11. The van der Waals surface area contributed by atoms with Crippen molar-refractivity contribution in [2.24, 2.45) is 0 Å². The summed E-state index contributed by atoms with van der Waals surface area (Å²) in [5.41, 5.74) is 0.331. The van der Waals surface area contributed by atoms with Crippen molar-refractivity contribution in [1.29, 1.82) is 0 Å². The van der Waals surface area contributed by atoms with Crippen molar-refractivity contribution in [3.05, 3.63) is 28.1 Å². The van der Waals surface area contributed by atoms with Crippen molar-refractivity contribution in [2.45, 2.75) is 0 Å². The van der Waals surface area contributed by atoms with Gasteiger partial charge in [0.05, 0.1) is 9.93 Å². The standard InChI is InChI=1S/C11H16ClN2O3/c1-13(2)6-7-17-11-5-4-9(8-10(11)12)14(15)16-3/h4-5,8H,6-7H2,1-3H3/q+1. The predicted octanol–water partition coefficient (Wildman–Crippen LogP) is 2.25. The third-order valence-electron chi connectivity index (χ3n) is 2.09. The molecule has 6 heteroatoms. The number of ether oxygens (including phenoxy) is 1. The van der Waals surface area contributed by atoms with E-state index in [-0.39, 0.29) is 0 Å². The van der Waals surface area contributed by atoms with Gasteiger partial charge >= 0.3 is 5.69 Å². The molecule has 0 aliphatic heterocycles. The van der Waals surface area contributed by atoms with E-state index in [0.717, 1.165) is 6.54 Å². The minimum atomic E-state index is 0.331. The summed E-state index contributed by atoms with van der Waals surface area (Å²) in [7, 11) is 5.21. The maximum atomic E-state index is 11.2. The number of hydrogen-bond donors (Lipinski definition) is 0. The lowest BCUT2D eigenvalue weighted by atomic mass is 10.3. The molecule has 0 bridgehead atoms. The normalized spacial score (nSPS) is 10.4. The van der Waals surface area contributed by atoms with E-state index >= 15 is 0 Å². The van der Waals surface area contributed by atoms with Crippen molar-refractivity contribution in [2.75, 3.05) is 34.4 Å². The fourth-order valence-electron chi connectivity index (χ4n) is 1.16. The Morgan fingerprint density at radius 1 is 1.41 bits per heavy atom. The third kappa shape index (κ3) is 4.20. The Bertz CT molecular complexity index is 396. The van der Waals surface area contributed by atoms with Gasteiger partial charge in [-0.2, -0.15) is 0 Å². The van der Waals surface area contributed by atoms with E-state index in [9.17, 15) is 4.91 Å². The molecule has 1 rings (SSSR count). The molecule has 0 aromatic heterocycles. The molecular weight excluding hydrogens is 244 g/mol. The number of benzene rings is 1. The van der Waals surface area contributed by atoms with Crippen molar-refractivity contribution >= 4 is 17.3 Å². The minimum Gasteiger partial charge on any atom is -0.491 e. The van der Waals surface area contributed by atoms with Gasteiger partial charge in [0.15, 0.2) is 7.11 Å². The van der Waals surface area contributed by atoms with Gasteiger partial charge in [0.1, 0.15) is 12.4 Å². The fourth-order valence-corrected chi connectivity index (χ4v) is 1.39. The molecule has 0 aliphatic rings. The van der Waals surface area contributed by atoms with Gasteiger partial charge in [0.2, 0.25) is 0 Å². The van der Waals surface area contributed by atoms with Gasteiger partial charge in [0, 0.05) is 18.7 Å². The van der Waals surface area contributed by atoms with Crippen LogP contribution in [0, 0.1) is 4.91 Å². The highest BCUT2D eigenvalue weighted by molar-refractivity contribution is 6.32. The Morgan fingerprint density at radius 2 is 2.12 bits per heavy atom. The van der Waals surface area contributed by atoms with Gasteiger partial charge in [-0.05, 0) is 20.2 Å². The maximum Gasteiger partial charge on any atom is 0.318 e. The zero-order valence-corrected chi connectivity index (χ0v) is 10.9. The summed E-state index contributed by atoms with van der Waals surface area (Å²) in [6.07, 6.45) is 0. The van der Waals surface area contributed by atoms with Crippen LogP contribution in [0.15, 0.2) is 18.2 Å². The van der Waals surface area contributed by atoms with Crippen LogP contribution in [0.25, 0.3) is 0 Å². The second kappa shape index (κ2) is 6.42. The zero-order chi connectivity index (χ0) is 12.8. The molecule has 94 valence electrons. The van der Waals surface area contributed by atoms with Crippen LogP contribution in [0.5, 0.6) is 5.75 Å². The average molecular weight is 260 g/mol. The van der Waals surface area contributed by atoms with Crippen molar-refractivity contribution in [3.63, 3.8) is 0 Å². The van der Waals surface area contributed by atoms with Gasteiger partial charge in [-0.15, -0.1) is 0 Å². The summed E-state index contributed by atoms with van der Waals surface area (Å²) in [5.74, 6) is 0.557. The van der Waals surface area contributed by atoms with Gasteiger partial charge in [0.25, 0.3) is 4.92 Å². The van der Waals surface area contributed by atoms with E-state index in [2.05, 4.69) is 4.84 Å². The minimum absolute atomic E-state index is 0.331. The molecule has 0 atom stereocenters. The van der Waals surface area contributed by atoms with Gasteiger partial charge in [-0.25, -0.2) is 4.84 Å². The van der Waals surface area contributed by atoms with Crippen molar-refractivity contribution in [1.82, 2.24) is 4.90 Å². The zero-order valence-electron chi connectivity index (χ0n) is 10.1. The number of halogens is 1. The SMILES string of the molecule is CO[N+](=O)c1ccc(OCCN(C)C)c(Cl)c1. The molecule has 1 aromatic carbocycles. The number of nitrogens with zero attached hydrogens (tertiary/aromatic N) is 2. The molecule has 0 spiro atoms. The van der Waals surface area contributed by atoms with E-state index in [1.807, 2.05) is 19.0 Å². The van der Waals surface area contributed by atoms with E-state index in [1.165, 1.54) is 13.2 Å². The molecule has 0 N–H and O–H groups in total. The summed E-state index contributed by atoms with van der Waals surface area (Å²) in [6, 6.07) is 4.74. The Labute approximate surface area is 105 Å². The molecule has 0 fully saturated rings. The second-order valence-corrected chi connectivity index (χ2v) is 4.11. The monoisotopic (exact) mass is 259 g/mol. The van der Waals surface area contributed by atoms with Crippen LogP contribution in [0.1, 0.15) is 0 Å². The van der Waals surface area contributed by atoms with E-state index in [1.54, 1.807) is 12.1 Å². The number of likely N-dealkylation sites (N-methyl/N-ethyl adjacent to an activating group) is 1. The van der Waals surface area contributed by atoms with Crippen molar-refractivity contribution in [3.8, 4) is 5.75 Å². The van der Waals surface area contributed by atoms with Crippen LogP contribution in [-0.4, -0.2) is 44.2 Å². The van der Waals surface area contributed by atoms with Crippen LogP contribution in [0.4, 0.5) is 5.69 Å². The van der Waals surface area contributed by atoms with Crippen LogP contribution < -0.4 is 4.74 Å². The smallest absolute Gasteiger partial charge is 0.318 e. The number of hydrogen-bond acceptors (Lipinski definition) is 4. The quantitative estimate of drug-likeness (QED) is 0.735. The lowest BCUT2D eigenvalue weighted by molar-refractivity contribution is -0.736. The molecule has 1 aromatic rings. The van der Waals surface area contributed by atoms with E-state index < -0.39 is 0 Å². The highest BCUT2D eigenvalue weighted by Crippen LogP contribution is 2.28. The first kappa shape index (κ1) is 13.7. The summed E-state index contributed by atoms with van der Waals surface area (Å²) in [4.78, 5) is 18.1. The summed E-state index contributed by atoms with van der Waals surface area (Å²) < 4.78 is 5.48. The first-order valence-corrected chi connectivity index (χ1v) is 5.51. The first-order valence-electron chi connectivity index (χ1n) is 5.13. The van der Waals surface area contributed by atoms with E-state index in [0.29, 0.717) is 28.0 Å². The van der Waals surface area contributed by atoms with Gasteiger partial charge < -0.3 is 9.64 Å². The molecule has 0 aliphatic carbocycles. The molecule has 5 nitrogen and oxygen atoms in total. The Kier molecular flexibility index (Phi) is 5.18. The highest BCUT2D eigenvalue weighted by Gasteiger charge is 2.16. The molecule has 0 saturated heterocycles. The van der Waals surface area contributed by atoms with Crippen LogP contribution in [0.2, 0.25) is 5.02 Å². The molecule has 17 heavy (non-hydrogen) atoms. The summed E-state index contributed by atoms with van der Waals surface area (Å²) >= 11 is 5.99. The van der Waals surface area contributed by atoms with Crippen molar-refractivity contribution < 1.29 is 14.5 Å². The molecule has 0 unspecified atom stereocenters. The average Bonchev–Trinajstić information content (AvgIpc) is 2.29. The third-order valence-corrected chi connectivity index (χ3v) is 2.38. The van der Waals surface area contributed by atoms with Gasteiger partial charge in [-0.3, -0.25) is 0 Å². The molecule has 0 heterocycles. The van der Waals surface area contributed by atoms with Crippen LogP contribution in [0.3, 0.4) is 0 Å². The molecular formula is C11H16ClN2O3+. The Morgan fingerprint density at radius 3 is 2.65 bits per heavy atom. The largest absolute Gasteiger partial charge is 0.491 e. The molecule has 0 saturated carbocycles. The van der Waals surface area contributed by atoms with Crippen LogP contribution in [-0.2, 0) is 4.84 Å². The summed E-state index contributed by atoms with van der Waals surface area (Å²) in [6.45, 7) is 1.33. The Balaban J connectivity index is 2.66. The van der Waals surface area contributed by atoms with Gasteiger partial charge in [-0.1, -0.05) is 11.6 Å². The number of rotatable bonds is 6. The lowest BCUT2D eigenvalue weighted by Crippen LogP contribution is -2.19. The molecule has 0 radical (unpaired) electrons. The maximum absolute atomic E-state index is 11.2. The topological polar surface area (TPSA) is 41.8 Å². The highest BCUT2D eigenvalue weighted by atomic mass is 35.5. The van der Waals surface area contributed by atoms with Crippen LogP contribution >= 0.6 is 11.6 Å². The fraction of sp³-hybridized carbons (Fsp3) is 0.455. The second-order valence-electron chi connectivity index (χ2n) is 3.71. The van der Waals surface area contributed by atoms with E-state index in [4.69, 9.17) is 16.3 Å². The predicted molar refractivity (Wildman–Crippen MR) is 65.8 cm³/mol. The molecule has 0 amide bonds. The summed E-state index contributed by atoms with van der Waals surface area (Å²) in [5, 5.41) is 0.388.